The van der Waals surface area contributed by atoms with Gasteiger partial charge in [0.2, 0.25) is 0 Å². The van der Waals surface area contributed by atoms with Gasteiger partial charge in [0.05, 0.1) is 0 Å². The number of aromatic nitrogens is 1. The monoisotopic (exact) mass is 290 g/mol. The fraction of sp³-hybridized carbons (Fsp3) is 0.312. The molecule has 1 unspecified atom stereocenters. The molecule has 0 fully saturated rings. The van der Waals surface area contributed by atoms with Crippen LogP contribution in [-0.2, 0) is 13.6 Å². The molecular weight excluding hydrogens is 272 g/mol. The van der Waals surface area contributed by atoms with Crippen molar-refractivity contribution in [2.24, 2.45) is 7.05 Å². The third-order valence-electron chi connectivity index (χ3n) is 3.61. The molecule has 0 aliphatic carbocycles. The van der Waals surface area contributed by atoms with Gasteiger partial charge in [-0.15, -0.1) is 0 Å². The van der Waals surface area contributed by atoms with Crippen molar-refractivity contribution in [2.45, 2.75) is 19.5 Å². The van der Waals surface area contributed by atoms with E-state index in [9.17, 15) is 4.79 Å². The van der Waals surface area contributed by atoms with Crippen molar-refractivity contribution < 1.29 is 0 Å². The van der Waals surface area contributed by atoms with Crippen LogP contribution in [0.3, 0.4) is 0 Å². The Hall–Kier alpha value is -1.58. The number of halogens is 1. The first kappa shape index (κ1) is 14.8. The summed E-state index contributed by atoms with van der Waals surface area (Å²) in [5.74, 6) is 0. The summed E-state index contributed by atoms with van der Waals surface area (Å²) in [4.78, 5) is 13.8. The molecule has 1 aromatic carbocycles. The number of pyridine rings is 1. The van der Waals surface area contributed by atoms with E-state index >= 15 is 0 Å². The molecule has 4 heteroatoms. The highest BCUT2D eigenvalue weighted by molar-refractivity contribution is 6.30. The van der Waals surface area contributed by atoms with Gasteiger partial charge in [0, 0.05) is 36.9 Å². The summed E-state index contributed by atoms with van der Waals surface area (Å²) in [5, 5.41) is 0.746. The smallest absolute Gasteiger partial charge is 0.250 e. The fourth-order valence-corrected chi connectivity index (χ4v) is 2.23. The summed E-state index contributed by atoms with van der Waals surface area (Å²) in [6, 6.07) is 11.8. The molecule has 1 heterocycles. The van der Waals surface area contributed by atoms with E-state index in [1.807, 2.05) is 30.3 Å². The number of nitrogens with zero attached hydrogens (tertiary/aromatic N) is 2. The molecule has 1 aromatic heterocycles. The van der Waals surface area contributed by atoms with E-state index in [0.717, 1.165) is 17.1 Å². The Morgan fingerprint density at radius 3 is 2.50 bits per heavy atom. The molecule has 20 heavy (non-hydrogen) atoms. The predicted octanol–water partition coefficient (Wildman–Crippen LogP) is 3.23. The minimum absolute atomic E-state index is 0.0232. The van der Waals surface area contributed by atoms with Crippen LogP contribution < -0.4 is 5.56 Å². The summed E-state index contributed by atoms with van der Waals surface area (Å²) in [7, 11) is 3.81. The SMILES string of the molecule is CC(c1ccc(Cl)cc1)N(C)Cc1ccn(C)c(=O)c1. The van der Waals surface area contributed by atoms with Crippen LogP contribution in [0.1, 0.15) is 24.1 Å². The molecule has 106 valence electrons. The largest absolute Gasteiger partial charge is 0.319 e. The lowest BCUT2D eigenvalue weighted by atomic mass is 10.1. The van der Waals surface area contributed by atoms with Gasteiger partial charge in [0.1, 0.15) is 0 Å². The Labute approximate surface area is 124 Å². The second kappa shape index (κ2) is 6.25. The second-order valence-corrected chi connectivity index (χ2v) is 5.56. The number of hydrogen-bond acceptors (Lipinski definition) is 2. The Balaban J connectivity index is 2.10. The first-order chi connectivity index (χ1) is 9.47. The first-order valence-corrected chi connectivity index (χ1v) is 6.96. The van der Waals surface area contributed by atoms with Crippen molar-refractivity contribution >= 4 is 11.6 Å². The quantitative estimate of drug-likeness (QED) is 0.864. The number of hydrogen-bond donors (Lipinski definition) is 0. The van der Waals surface area contributed by atoms with Crippen molar-refractivity contribution in [3.63, 3.8) is 0 Å². The Bertz CT molecular complexity index is 634. The van der Waals surface area contributed by atoms with Gasteiger partial charge >= 0.3 is 0 Å². The summed E-state index contributed by atoms with van der Waals surface area (Å²) in [5.41, 5.74) is 2.26. The highest BCUT2D eigenvalue weighted by Crippen LogP contribution is 2.22. The van der Waals surface area contributed by atoms with Gasteiger partial charge in [-0.25, -0.2) is 0 Å². The Morgan fingerprint density at radius 2 is 1.90 bits per heavy atom. The van der Waals surface area contributed by atoms with E-state index < -0.39 is 0 Å². The van der Waals surface area contributed by atoms with Gasteiger partial charge in [-0.1, -0.05) is 23.7 Å². The van der Waals surface area contributed by atoms with Crippen LogP contribution in [0.25, 0.3) is 0 Å². The van der Waals surface area contributed by atoms with Crippen molar-refractivity contribution in [1.82, 2.24) is 9.47 Å². The second-order valence-electron chi connectivity index (χ2n) is 5.13. The Morgan fingerprint density at radius 1 is 1.25 bits per heavy atom. The maximum absolute atomic E-state index is 11.6. The third kappa shape index (κ3) is 3.50. The van der Waals surface area contributed by atoms with Gasteiger partial charge in [0.15, 0.2) is 0 Å². The molecule has 0 saturated carbocycles. The lowest BCUT2D eigenvalue weighted by Crippen LogP contribution is -2.23. The van der Waals surface area contributed by atoms with Gasteiger partial charge in [0.25, 0.3) is 5.56 Å². The van der Waals surface area contributed by atoms with E-state index in [1.54, 1.807) is 23.9 Å². The topological polar surface area (TPSA) is 25.2 Å². The predicted molar refractivity (Wildman–Crippen MR) is 83.0 cm³/mol. The minimum Gasteiger partial charge on any atom is -0.319 e. The van der Waals surface area contributed by atoms with Crippen molar-refractivity contribution in [1.29, 1.82) is 0 Å². The maximum atomic E-state index is 11.6. The summed E-state index contributed by atoms with van der Waals surface area (Å²) < 4.78 is 1.58. The van der Waals surface area contributed by atoms with Gasteiger partial charge in [-0.3, -0.25) is 9.69 Å². The fourth-order valence-electron chi connectivity index (χ4n) is 2.11. The zero-order chi connectivity index (χ0) is 14.7. The molecule has 0 saturated heterocycles. The lowest BCUT2D eigenvalue weighted by molar-refractivity contribution is 0.253. The molecule has 0 aliphatic rings. The van der Waals surface area contributed by atoms with Gasteiger partial charge < -0.3 is 4.57 Å². The minimum atomic E-state index is 0.0232. The summed E-state index contributed by atoms with van der Waals surface area (Å²) in [6.07, 6.45) is 1.80. The van der Waals surface area contributed by atoms with Crippen LogP contribution in [0.2, 0.25) is 5.02 Å². The summed E-state index contributed by atoms with van der Waals surface area (Å²) >= 11 is 5.91. The molecule has 2 rings (SSSR count). The molecular formula is C16H19ClN2O. The zero-order valence-corrected chi connectivity index (χ0v) is 12.8. The standard InChI is InChI=1S/C16H19ClN2O/c1-12(14-4-6-15(17)7-5-14)19(3)11-13-8-9-18(2)16(20)10-13/h4-10,12H,11H2,1-3H3. The van der Waals surface area contributed by atoms with Crippen molar-refractivity contribution in [2.75, 3.05) is 7.05 Å². The van der Waals surface area contributed by atoms with E-state index in [0.29, 0.717) is 0 Å². The van der Waals surface area contributed by atoms with Crippen molar-refractivity contribution in [3.8, 4) is 0 Å². The van der Waals surface area contributed by atoms with E-state index in [2.05, 4.69) is 18.9 Å². The molecule has 0 amide bonds. The van der Waals surface area contributed by atoms with Crippen LogP contribution in [-0.4, -0.2) is 16.5 Å². The molecule has 0 bridgehead atoms. The average molecular weight is 291 g/mol. The highest BCUT2D eigenvalue weighted by atomic mass is 35.5. The van der Waals surface area contributed by atoms with Crippen LogP contribution in [0.4, 0.5) is 0 Å². The average Bonchev–Trinajstić information content (AvgIpc) is 2.43. The Kier molecular flexibility index (Phi) is 4.63. The van der Waals surface area contributed by atoms with Gasteiger partial charge in [-0.2, -0.15) is 0 Å². The van der Waals surface area contributed by atoms with Crippen LogP contribution in [0, 0.1) is 0 Å². The van der Waals surface area contributed by atoms with Crippen LogP contribution >= 0.6 is 11.6 Å². The third-order valence-corrected chi connectivity index (χ3v) is 3.87. The molecule has 0 spiro atoms. The normalized spacial score (nSPS) is 12.7. The highest BCUT2D eigenvalue weighted by Gasteiger charge is 2.12. The van der Waals surface area contributed by atoms with Gasteiger partial charge in [-0.05, 0) is 43.3 Å². The molecule has 1 atom stereocenters. The van der Waals surface area contributed by atoms with Crippen LogP contribution in [0.5, 0.6) is 0 Å². The molecule has 0 aliphatic heterocycles. The van der Waals surface area contributed by atoms with Crippen LogP contribution in [0.15, 0.2) is 47.4 Å². The molecule has 3 nitrogen and oxygen atoms in total. The summed E-state index contributed by atoms with van der Waals surface area (Å²) in [6.45, 7) is 2.88. The number of benzene rings is 1. The first-order valence-electron chi connectivity index (χ1n) is 6.58. The zero-order valence-electron chi connectivity index (χ0n) is 12.0. The number of rotatable bonds is 4. The van der Waals surface area contributed by atoms with E-state index in [-0.39, 0.29) is 11.6 Å². The van der Waals surface area contributed by atoms with E-state index in [1.165, 1.54) is 5.56 Å². The van der Waals surface area contributed by atoms with E-state index in [4.69, 9.17) is 11.6 Å². The lowest BCUT2D eigenvalue weighted by Gasteiger charge is -2.25. The number of aryl methyl sites for hydroxylation is 1. The molecule has 0 radical (unpaired) electrons. The maximum Gasteiger partial charge on any atom is 0.250 e. The van der Waals surface area contributed by atoms with Crippen molar-refractivity contribution in [3.05, 3.63) is 69.1 Å². The molecule has 2 aromatic rings. The molecule has 0 N–H and O–H groups in total.